The molecule has 6 nitrogen and oxygen atoms in total. The number of halogens is 1. The van der Waals surface area contributed by atoms with E-state index in [1.54, 1.807) is 24.5 Å². The molecule has 0 fully saturated rings. The fraction of sp³-hybridized carbons (Fsp3) is 0.217. The van der Waals surface area contributed by atoms with Crippen LogP contribution in [-0.2, 0) is 19.6 Å². The Morgan fingerprint density at radius 1 is 0.933 bits per heavy atom. The first kappa shape index (κ1) is 18.6. The SMILES string of the molecule is Cc1cc(-c2c(-c3ccc(F)cc3)nn3c2CN(Cc2ncccn2)CC3)ccn1. The molecule has 0 atom stereocenters. The molecule has 0 bridgehead atoms. The van der Waals surface area contributed by atoms with Gasteiger partial charge in [0.1, 0.15) is 17.3 Å². The second-order valence-electron chi connectivity index (χ2n) is 7.46. The van der Waals surface area contributed by atoms with Gasteiger partial charge in [0, 0.05) is 48.5 Å². The van der Waals surface area contributed by atoms with E-state index in [4.69, 9.17) is 5.10 Å². The van der Waals surface area contributed by atoms with Gasteiger partial charge in [-0.15, -0.1) is 0 Å². The fourth-order valence-electron chi connectivity index (χ4n) is 3.93. The average Bonchev–Trinajstić information content (AvgIpc) is 3.14. The number of nitrogens with zero attached hydrogens (tertiary/aromatic N) is 6. The maximum Gasteiger partial charge on any atom is 0.142 e. The van der Waals surface area contributed by atoms with E-state index in [1.807, 2.05) is 25.3 Å². The molecule has 7 heteroatoms. The number of aryl methyl sites for hydroxylation is 1. The number of rotatable bonds is 4. The fourth-order valence-corrected chi connectivity index (χ4v) is 3.93. The zero-order valence-electron chi connectivity index (χ0n) is 16.7. The van der Waals surface area contributed by atoms with Gasteiger partial charge in [-0.25, -0.2) is 14.4 Å². The first-order chi connectivity index (χ1) is 14.7. The summed E-state index contributed by atoms with van der Waals surface area (Å²) in [5.74, 6) is 0.559. The van der Waals surface area contributed by atoms with Crippen molar-refractivity contribution in [3.8, 4) is 22.4 Å². The maximum absolute atomic E-state index is 13.5. The van der Waals surface area contributed by atoms with Crippen molar-refractivity contribution in [2.75, 3.05) is 6.54 Å². The number of hydrogen-bond donors (Lipinski definition) is 0. The molecule has 0 saturated heterocycles. The van der Waals surface area contributed by atoms with Gasteiger partial charge in [-0.1, -0.05) is 0 Å². The maximum atomic E-state index is 13.5. The van der Waals surface area contributed by atoms with Crippen LogP contribution in [-0.4, -0.2) is 36.2 Å². The molecular weight excluding hydrogens is 379 g/mol. The normalized spacial score (nSPS) is 13.9. The van der Waals surface area contributed by atoms with Crippen LogP contribution in [0.5, 0.6) is 0 Å². The standard InChI is InChI=1S/C23H21FN6/c1-16-13-18(7-10-25-16)22-20-14-29(15-21-26-8-2-9-27-21)11-12-30(20)28-23(22)17-3-5-19(24)6-4-17/h2-10,13H,11-12,14-15H2,1H3. The Balaban J connectivity index is 1.58. The summed E-state index contributed by atoms with van der Waals surface area (Å²) < 4.78 is 15.6. The first-order valence-corrected chi connectivity index (χ1v) is 9.94. The third kappa shape index (κ3) is 3.59. The Kier molecular flexibility index (Phi) is 4.80. The zero-order chi connectivity index (χ0) is 20.5. The lowest BCUT2D eigenvalue weighted by molar-refractivity contribution is 0.201. The molecule has 3 aromatic heterocycles. The van der Waals surface area contributed by atoms with E-state index < -0.39 is 0 Å². The monoisotopic (exact) mass is 400 g/mol. The Morgan fingerprint density at radius 2 is 1.73 bits per heavy atom. The Morgan fingerprint density at radius 3 is 2.50 bits per heavy atom. The van der Waals surface area contributed by atoms with Crippen LogP contribution >= 0.6 is 0 Å². The van der Waals surface area contributed by atoms with Crippen molar-refractivity contribution in [2.45, 2.75) is 26.6 Å². The summed E-state index contributed by atoms with van der Waals surface area (Å²) in [5.41, 5.74) is 6.01. The molecule has 30 heavy (non-hydrogen) atoms. The molecule has 150 valence electrons. The van der Waals surface area contributed by atoms with E-state index in [-0.39, 0.29) is 5.82 Å². The second kappa shape index (κ2) is 7.76. The molecule has 0 N–H and O–H groups in total. The molecule has 4 aromatic rings. The summed E-state index contributed by atoms with van der Waals surface area (Å²) in [6, 6.07) is 12.4. The lowest BCUT2D eigenvalue weighted by Crippen LogP contribution is -2.34. The van der Waals surface area contributed by atoms with Gasteiger partial charge >= 0.3 is 0 Å². The molecule has 0 saturated carbocycles. The Labute approximate surface area is 174 Å². The highest BCUT2D eigenvalue weighted by Crippen LogP contribution is 2.36. The van der Waals surface area contributed by atoms with Crippen LogP contribution in [0.2, 0.25) is 0 Å². The predicted octanol–water partition coefficient (Wildman–Crippen LogP) is 3.87. The summed E-state index contributed by atoms with van der Waals surface area (Å²) in [6.07, 6.45) is 5.37. The minimum Gasteiger partial charge on any atom is -0.288 e. The molecule has 1 aliphatic heterocycles. The van der Waals surface area contributed by atoms with E-state index >= 15 is 0 Å². The van der Waals surface area contributed by atoms with E-state index in [0.717, 1.165) is 59.2 Å². The van der Waals surface area contributed by atoms with Gasteiger partial charge in [0.05, 0.1) is 18.8 Å². The van der Waals surface area contributed by atoms with Crippen molar-refractivity contribution in [1.29, 1.82) is 0 Å². The Bertz CT molecular complexity index is 1170. The third-order valence-electron chi connectivity index (χ3n) is 5.35. The number of benzene rings is 1. The van der Waals surface area contributed by atoms with Crippen LogP contribution in [0.15, 0.2) is 61.1 Å². The number of hydrogen-bond acceptors (Lipinski definition) is 5. The number of fused-ring (bicyclic) bond motifs is 1. The highest BCUT2D eigenvalue weighted by atomic mass is 19.1. The van der Waals surface area contributed by atoms with Crippen LogP contribution in [0.4, 0.5) is 4.39 Å². The van der Waals surface area contributed by atoms with Gasteiger partial charge in [-0.05, 0) is 55.0 Å². The largest absolute Gasteiger partial charge is 0.288 e. The van der Waals surface area contributed by atoms with Crippen molar-refractivity contribution >= 4 is 0 Å². The molecule has 4 heterocycles. The van der Waals surface area contributed by atoms with Gasteiger partial charge in [0.15, 0.2) is 0 Å². The lowest BCUT2D eigenvalue weighted by Gasteiger charge is -2.27. The molecule has 0 spiro atoms. The first-order valence-electron chi connectivity index (χ1n) is 9.94. The van der Waals surface area contributed by atoms with Crippen molar-refractivity contribution in [2.24, 2.45) is 0 Å². The highest BCUT2D eigenvalue weighted by molar-refractivity contribution is 5.83. The molecule has 0 radical (unpaired) electrons. The molecule has 0 unspecified atom stereocenters. The van der Waals surface area contributed by atoms with Gasteiger partial charge in [0.25, 0.3) is 0 Å². The van der Waals surface area contributed by atoms with Crippen LogP contribution in [0.25, 0.3) is 22.4 Å². The summed E-state index contributed by atoms with van der Waals surface area (Å²) in [6.45, 7) is 5.05. The van der Waals surface area contributed by atoms with Crippen molar-refractivity contribution in [3.63, 3.8) is 0 Å². The molecular formula is C23H21FN6. The minimum atomic E-state index is -0.252. The summed E-state index contributed by atoms with van der Waals surface area (Å²) in [4.78, 5) is 15.4. The third-order valence-corrected chi connectivity index (χ3v) is 5.35. The van der Waals surface area contributed by atoms with Crippen molar-refractivity contribution in [1.82, 2.24) is 29.6 Å². The molecule has 0 amide bonds. The van der Waals surface area contributed by atoms with Crippen LogP contribution in [0, 0.1) is 12.7 Å². The Hall–Kier alpha value is -3.45. The van der Waals surface area contributed by atoms with E-state index in [2.05, 4.69) is 30.6 Å². The topological polar surface area (TPSA) is 59.7 Å². The summed E-state index contributed by atoms with van der Waals surface area (Å²) >= 11 is 0. The summed E-state index contributed by atoms with van der Waals surface area (Å²) in [5, 5.41) is 4.91. The van der Waals surface area contributed by atoms with E-state index in [1.165, 1.54) is 12.1 Å². The molecule has 1 aliphatic rings. The van der Waals surface area contributed by atoms with Crippen molar-refractivity contribution in [3.05, 3.63) is 84.1 Å². The quantitative estimate of drug-likeness (QED) is 0.521. The number of pyridine rings is 1. The van der Waals surface area contributed by atoms with Gasteiger partial charge in [0.2, 0.25) is 0 Å². The van der Waals surface area contributed by atoms with E-state index in [9.17, 15) is 4.39 Å². The van der Waals surface area contributed by atoms with Crippen LogP contribution in [0.3, 0.4) is 0 Å². The van der Waals surface area contributed by atoms with Crippen LogP contribution < -0.4 is 0 Å². The lowest BCUT2D eigenvalue weighted by atomic mass is 9.98. The zero-order valence-corrected chi connectivity index (χ0v) is 16.7. The average molecular weight is 400 g/mol. The van der Waals surface area contributed by atoms with E-state index in [0.29, 0.717) is 6.54 Å². The predicted molar refractivity (Wildman–Crippen MR) is 112 cm³/mol. The van der Waals surface area contributed by atoms with Crippen molar-refractivity contribution < 1.29 is 4.39 Å². The highest BCUT2D eigenvalue weighted by Gasteiger charge is 2.26. The molecule has 1 aromatic carbocycles. The molecule has 5 rings (SSSR count). The van der Waals surface area contributed by atoms with Gasteiger partial charge < -0.3 is 0 Å². The van der Waals surface area contributed by atoms with Gasteiger partial charge in [-0.2, -0.15) is 5.10 Å². The smallest absolute Gasteiger partial charge is 0.142 e. The number of aromatic nitrogens is 5. The van der Waals surface area contributed by atoms with Crippen LogP contribution in [0.1, 0.15) is 17.2 Å². The molecule has 0 aliphatic carbocycles. The minimum absolute atomic E-state index is 0.252. The van der Waals surface area contributed by atoms with Gasteiger partial charge in [-0.3, -0.25) is 14.6 Å². The second-order valence-corrected chi connectivity index (χ2v) is 7.46. The summed E-state index contributed by atoms with van der Waals surface area (Å²) in [7, 11) is 0.